The molecule has 0 aromatic heterocycles. The lowest BCUT2D eigenvalue weighted by molar-refractivity contribution is 0.516. The topological polar surface area (TPSA) is 9.23 Å². The molecule has 0 aliphatic heterocycles. The van der Waals surface area contributed by atoms with Gasteiger partial charge in [-0.05, 0) is 25.7 Å². The fraction of sp³-hybridized carbons (Fsp3) is 0.375. The quantitative estimate of drug-likeness (QED) is 0.443. The summed E-state index contributed by atoms with van der Waals surface area (Å²) in [7, 11) is -2.99. The first-order chi connectivity index (χ1) is 8.58. The summed E-state index contributed by atoms with van der Waals surface area (Å²) in [5.74, 6) is 4.06. The second-order valence-electron chi connectivity index (χ2n) is 6.68. The van der Waals surface area contributed by atoms with Crippen LogP contribution in [-0.4, -0.2) is 16.4 Å². The van der Waals surface area contributed by atoms with Gasteiger partial charge >= 0.3 is 0 Å². The van der Waals surface area contributed by atoms with Gasteiger partial charge in [-0.25, -0.2) is 0 Å². The van der Waals surface area contributed by atoms with E-state index in [4.69, 9.17) is 4.43 Å². The Bertz CT molecular complexity index is 522. The van der Waals surface area contributed by atoms with E-state index >= 15 is 0 Å². The number of hydrogen-bond acceptors (Lipinski definition) is 1. The Morgan fingerprint density at radius 2 is 1.63 bits per heavy atom. The largest absolute Gasteiger partial charge is 0.544 e. The van der Waals surface area contributed by atoms with Gasteiger partial charge in [-0.15, -0.1) is 5.54 Å². The van der Waals surface area contributed by atoms with Crippen molar-refractivity contribution in [2.24, 2.45) is 0 Å². The lowest BCUT2D eigenvalue weighted by atomic mass is 10.1. The molecule has 1 aromatic rings. The van der Waals surface area contributed by atoms with E-state index in [1.807, 2.05) is 24.3 Å². The van der Waals surface area contributed by atoms with Crippen LogP contribution in [0.5, 0.6) is 0 Å². The minimum atomic E-state index is -1.62. The highest BCUT2D eigenvalue weighted by Crippen LogP contribution is 2.22. The maximum atomic E-state index is 5.98. The predicted octanol–water partition coefficient (Wildman–Crippen LogP) is 4.74. The minimum absolute atomic E-state index is 0.750. The highest BCUT2D eigenvalue weighted by molar-refractivity contribution is 6.83. The molecule has 0 saturated heterocycles. The van der Waals surface area contributed by atoms with Gasteiger partial charge in [0.1, 0.15) is 13.8 Å². The third-order valence-corrected chi connectivity index (χ3v) is 3.96. The van der Waals surface area contributed by atoms with Crippen molar-refractivity contribution in [3.63, 3.8) is 0 Å². The van der Waals surface area contributed by atoms with Crippen LogP contribution in [0.2, 0.25) is 39.3 Å². The third kappa shape index (κ3) is 5.95. The normalized spacial score (nSPS) is 11.5. The average Bonchev–Trinajstić information content (AvgIpc) is 2.23. The fourth-order valence-corrected chi connectivity index (χ4v) is 2.87. The van der Waals surface area contributed by atoms with Gasteiger partial charge in [0.05, 0.1) is 0 Å². The summed E-state index contributed by atoms with van der Waals surface area (Å²) in [5, 5.41) is 0. The second kappa shape index (κ2) is 5.81. The molecule has 0 spiro atoms. The van der Waals surface area contributed by atoms with Crippen LogP contribution in [0.15, 0.2) is 30.8 Å². The molecule has 19 heavy (non-hydrogen) atoms. The molecule has 0 aliphatic rings. The monoisotopic (exact) mass is 288 g/mol. The summed E-state index contributed by atoms with van der Waals surface area (Å²) in [6, 6.07) is 8.10. The van der Waals surface area contributed by atoms with Crippen molar-refractivity contribution in [2.75, 3.05) is 0 Å². The SMILES string of the molecule is C=C(O[Si](C)(C)C)c1ccccc1C#C[Si](C)(C)C. The van der Waals surface area contributed by atoms with Crippen molar-refractivity contribution in [3.05, 3.63) is 42.0 Å². The lowest BCUT2D eigenvalue weighted by Gasteiger charge is -2.21. The molecule has 0 amide bonds. The van der Waals surface area contributed by atoms with Crippen molar-refractivity contribution >= 4 is 22.2 Å². The van der Waals surface area contributed by atoms with Gasteiger partial charge in [0.25, 0.3) is 0 Å². The summed E-state index contributed by atoms with van der Waals surface area (Å²) >= 11 is 0. The molecule has 0 bridgehead atoms. The van der Waals surface area contributed by atoms with Gasteiger partial charge in [-0.2, -0.15) is 0 Å². The van der Waals surface area contributed by atoms with Gasteiger partial charge in [0.2, 0.25) is 8.32 Å². The summed E-state index contributed by atoms with van der Waals surface area (Å²) < 4.78 is 5.98. The first kappa shape index (κ1) is 15.8. The summed E-state index contributed by atoms with van der Waals surface area (Å²) in [6.07, 6.45) is 0. The molecule has 1 rings (SSSR count). The van der Waals surface area contributed by atoms with E-state index in [0.717, 1.165) is 16.9 Å². The molecule has 0 unspecified atom stereocenters. The van der Waals surface area contributed by atoms with Crippen molar-refractivity contribution < 1.29 is 4.43 Å². The van der Waals surface area contributed by atoms with E-state index in [1.165, 1.54) is 0 Å². The maximum absolute atomic E-state index is 5.98. The number of benzene rings is 1. The maximum Gasteiger partial charge on any atom is 0.242 e. The van der Waals surface area contributed by atoms with E-state index < -0.39 is 16.4 Å². The zero-order valence-electron chi connectivity index (χ0n) is 12.9. The van der Waals surface area contributed by atoms with Gasteiger partial charge in [0.15, 0.2) is 0 Å². The summed E-state index contributed by atoms with van der Waals surface area (Å²) in [4.78, 5) is 0. The van der Waals surface area contributed by atoms with Crippen LogP contribution < -0.4 is 0 Å². The van der Waals surface area contributed by atoms with E-state index in [2.05, 4.69) is 57.3 Å². The molecule has 0 saturated carbocycles. The Kier molecular flexibility index (Phi) is 4.83. The smallest absolute Gasteiger partial charge is 0.242 e. The van der Waals surface area contributed by atoms with E-state index in [1.54, 1.807) is 0 Å². The van der Waals surface area contributed by atoms with Crippen LogP contribution in [0, 0.1) is 11.5 Å². The Balaban J connectivity index is 3.09. The minimum Gasteiger partial charge on any atom is -0.544 e. The van der Waals surface area contributed by atoms with Crippen LogP contribution in [0.1, 0.15) is 11.1 Å². The Morgan fingerprint density at radius 3 is 2.16 bits per heavy atom. The van der Waals surface area contributed by atoms with Crippen molar-refractivity contribution in [1.82, 2.24) is 0 Å². The first-order valence-corrected chi connectivity index (χ1v) is 13.5. The Morgan fingerprint density at radius 1 is 1.05 bits per heavy atom. The van der Waals surface area contributed by atoms with Crippen LogP contribution in [0.25, 0.3) is 5.76 Å². The lowest BCUT2D eigenvalue weighted by Crippen LogP contribution is -2.24. The molecule has 0 radical (unpaired) electrons. The fourth-order valence-electron chi connectivity index (χ4n) is 1.51. The molecule has 0 fully saturated rings. The molecule has 0 atom stereocenters. The van der Waals surface area contributed by atoms with Crippen LogP contribution >= 0.6 is 0 Å². The van der Waals surface area contributed by atoms with Crippen molar-refractivity contribution in [3.8, 4) is 11.5 Å². The van der Waals surface area contributed by atoms with E-state index in [-0.39, 0.29) is 0 Å². The first-order valence-electron chi connectivity index (χ1n) is 6.59. The van der Waals surface area contributed by atoms with Crippen LogP contribution in [0.4, 0.5) is 0 Å². The molecule has 0 heterocycles. The molecule has 0 aliphatic carbocycles. The molecule has 3 heteroatoms. The standard InChI is InChI=1S/C16H24OSi2/c1-14(17-19(5,6)7)16-11-9-8-10-15(16)12-13-18(2,3)4/h8-11H,1H2,2-7H3. The van der Waals surface area contributed by atoms with Crippen molar-refractivity contribution in [1.29, 1.82) is 0 Å². The zero-order valence-corrected chi connectivity index (χ0v) is 14.9. The third-order valence-electron chi connectivity index (χ3n) is 2.23. The number of hydrogen-bond donors (Lipinski definition) is 0. The highest BCUT2D eigenvalue weighted by Gasteiger charge is 2.18. The van der Waals surface area contributed by atoms with E-state index in [9.17, 15) is 0 Å². The molecule has 1 aromatic carbocycles. The molecule has 1 nitrogen and oxygen atoms in total. The van der Waals surface area contributed by atoms with Crippen LogP contribution in [-0.2, 0) is 4.43 Å². The van der Waals surface area contributed by atoms with Crippen LogP contribution in [0.3, 0.4) is 0 Å². The Labute approximate surface area is 119 Å². The summed E-state index contributed by atoms with van der Waals surface area (Å²) in [6.45, 7) is 17.3. The average molecular weight is 289 g/mol. The van der Waals surface area contributed by atoms with Gasteiger partial charge < -0.3 is 4.43 Å². The highest BCUT2D eigenvalue weighted by atomic mass is 28.4. The predicted molar refractivity (Wildman–Crippen MR) is 90.1 cm³/mol. The molecule has 0 N–H and O–H groups in total. The second-order valence-corrected chi connectivity index (χ2v) is 15.9. The van der Waals surface area contributed by atoms with Gasteiger partial charge in [-0.3, -0.25) is 0 Å². The zero-order chi connectivity index (χ0) is 14.7. The molecule has 102 valence electrons. The molecular weight excluding hydrogens is 264 g/mol. The number of rotatable bonds is 3. The summed E-state index contributed by atoms with van der Waals surface area (Å²) in [5.41, 5.74) is 5.45. The van der Waals surface area contributed by atoms with Gasteiger partial charge in [0, 0.05) is 11.1 Å². The molecular formula is C16H24OSi2. The van der Waals surface area contributed by atoms with Crippen molar-refractivity contribution in [2.45, 2.75) is 39.3 Å². The van der Waals surface area contributed by atoms with E-state index in [0.29, 0.717) is 0 Å². The Hall–Kier alpha value is -1.25. The van der Waals surface area contributed by atoms with Gasteiger partial charge in [-0.1, -0.05) is 50.3 Å².